The fourth-order valence-corrected chi connectivity index (χ4v) is 1.16. The van der Waals surface area contributed by atoms with E-state index in [1.807, 2.05) is 0 Å². The fourth-order valence-electron chi connectivity index (χ4n) is 1.16. The van der Waals surface area contributed by atoms with E-state index in [2.05, 4.69) is 22.3 Å². The van der Waals surface area contributed by atoms with Gasteiger partial charge in [-0.3, -0.25) is 9.79 Å². The highest BCUT2D eigenvalue weighted by molar-refractivity contribution is 5.96. The molecular formula is C10H13N3O. The van der Waals surface area contributed by atoms with Crippen molar-refractivity contribution >= 4 is 24.0 Å². The van der Waals surface area contributed by atoms with E-state index in [-0.39, 0.29) is 5.91 Å². The van der Waals surface area contributed by atoms with Gasteiger partial charge in [-0.05, 0) is 24.9 Å². The molecule has 0 aromatic heterocycles. The smallest absolute Gasteiger partial charge is 0.251 e. The van der Waals surface area contributed by atoms with Gasteiger partial charge in [0.25, 0.3) is 5.91 Å². The third-order valence-corrected chi connectivity index (χ3v) is 1.93. The van der Waals surface area contributed by atoms with Gasteiger partial charge in [0.2, 0.25) is 0 Å². The van der Waals surface area contributed by atoms with Crippen LogP contribution in [0.1, 0.15) is 10.4 Å². The minimum atomic E-state index is -0.114. The summed E-state index contributed by atoms with van der Waals surface area (Å²) in [5, 5.41) is 5.51. The summed E-state index contributed by atoms with van der Waals surface area (Å²) in [6.45, 7) is 3.44. The number of benzene rings is 1. The number of carbonyl (C=O) groups is 1. The molecule has 1 aromatic carbocycles. The van der Waals surface area contributed by atoms with E-state index in [9.17, 15) is 4.79 Å². The molecule has 0 saturated carbocycles. The molecule has 0 saturated heterocycles. The van der Waals surface area contributed by atoms with Gasteiger partial charge in [-0.25, -0.2) is 0 Å². The maximum Gasteiger partial charge on any atom is 0.251 e. The van der Waals surface area contributed by atoms with Gasteiger partial charge in [-0.2, -0.15) is 0 Å². The number of amides is 1. The van der Waals surface area contributed by atoms with Crippen LogP contribution < -0.4 is 10.6 Å². The molecule has 1 aromatic rings. The zero-order valence-electron chi connectivity index (χ0n) is 8.29. The van der Waals surface area contributed by atoms with Crippen LogP contribution in [0.15, 0.2) is 23.2 Å². The zero-order chi connectivity index (χ0) is 10.6. The largest absolute Gasteiger partial charge is 0.386 e. The van der Waals surface area contributed by atoms with Crippen LogP contribution in [0.2, 0.25) is 0 Å². The Labute approximate surface area is 83.0 Å². The van der Waals surface area contributed by atoms with Gasteiger partial charge in [0.15, 0.2) is 0 Å². The van der Waals surface area contributed by atoms with Crippen molar-refractivity contribution in [1.29, 1.82) is 0 Å². The van der Waals surface area contributed by atoms with Gasteiger partial charge < -0.3 is 10.6 Å². The predicted molar refractivity (Wildman–Crippen MR) is 58.6 cm³/mol. The van der Waals surface area contributed by atoms with Gasteiger partial charge in [0, 0.05) is 19.7 Å². The summed E-state index contributed by atoms with van der Waals surface area (Å²) in [6, 6.07) is 5.20. The number of aliphatic imine (C=N–C) groups is 1. The van der Waals surface area contributed by atoms with Crippen molar-refractivity contribution in [2.24, 2.45) is 4.99 Å². The van der Waals surface area contributed by atoms with Crippen molar-refractivity contribution in [3.05, 3.63) is 23.8 Å². The van der Waals surface area contributed by atoms with Crippen LogP contribution in [-0.4, -0.2) is 26.7 Å². The van der Waals surface area contributed by atoms with E-state index in [4.69, 9.17) is 0 Å². The maximum atomic E-state index is 11.3. The minimum Gasteiger partial charge on any atom is -0.386 e. The molecule has 0 atom stereocenters. The maximum absolute atomic E-state index is 11.3. The van der Waals surface area contributed by atoms with Crippen molar-refractivity contribution in [3.63, 3.8) is 0 Å². The van der Waals surface area contributed by atoms with Crippen LogP contribution in [0, 0.1) is 0 Å². The molecule has 4 heteroatoms. The molecule has 1 rings (SSSR count). The molecule has 0 radical (unpaired) electrons. The van der Waals surface area contributed by atoms with Crippen molar-refractivity contribution in [2.75, 3.05) is 19.4 Å². The predicted octanol–water partition coefficient (Wildman–Crippen LogP) is 1.42. The normalized spacial score (nSPS) is 9.29. The Bertz CT molecular complexity index is 360. The molecule has 0 fully saturated rings. The molecule has 0 aliphatic carbocycles. The molecule has 74 valence electrons. The van der Waals surface area contributed by atoms with E-state index < -0.39 is 0 Å². The van der Waals surface area contributed by atoms with E-state index in [1.54, 1.807) is 32.3 Å². The van der Waals surface area contributed by atoms with E-state index in [1.165, 1.54) is 0 Å². The quantitative estimate of drug-likeness (QED) is 0.710. The highest BCUT2D eigenvalue weighted by Crippen LogP contribution is 2.24. The molecule has 14 heavy (non-hydrogen) atoms. The van der Waals surface area contributed by atoms with E-state index in [0.717, 1.165) is 11.4 Å². The Balaban J connectivity index is 3.13. The average molecular weight is 191 g/mol. The number of anilines is 1. The second kappa shape index (κ2) is 4.41. The molecular weight excluding hydrogens is 178 g/mol. The number of rotatable bonds is 3. The standard InChI is InChI=1S/C10H13N3O/c1-11-8-5-4-7(10(14)13-3)6-9(8)12-2/h4-6,12H,1H2,2-3H3,(H,13,14). The second-order valence-corrected chi connectivity index (χ2v) is 2.72. The third kappa shape index (κ3) is 1.90. The lowest BCUT2D eigenvalue weighted by Gasteiger charge is -2.06. The Morgan fingerprint density at radius 3 is 2.64 bits per heavy atom. The molecule has 0 aliphatic rings. The first-order valence-corrected chi connectivity index (χ1v) is 4.23. The average Bonchev–Trinajstić information content (AvgIpc) is 2.26. The summed E-state index contributed by atoms with van der Waals surface area (Å²) in [5.41, 5.74) is 2.13. The molecule has 2 N–H and O–H groups in total. The van der Waals surface area contributed by atoms with Crippen LogP contribution in [0.5, 0.6) is 0 Å². The third-order valence-electron chi connectivity index (χ3n) is 1.93. The summed E-state index contributed by atoms with van der Waals surface area (Å²) in [4.78, 5) is 15.1. The molecule has 0 bridgehead atoms. The van der Waals surface area contributed by atoms with Crippen LogP contribution in [0.3, 0.4) is 0 Å². The van der Waals surface area contributed by atoms with Gasteiger partial charge in [-0.15, -0.1) is 0 Å². The molecule has 4 nitrogen and oxygen atoms in total. The number of carbonyl (C=O) groups excluding carboxylic acids is 1. The highest BCUT2D eigenvalue weighted by Gasteiger charge is 2.05. The van der Waals surface area contributed by atoms with Crippen molar-refractivity contribution in [1.82, 2.24) is 5.32 Å². The molecule has 0 heterocycles. The topological polar surface area (TPSA) is 53.5 Å². The first-order chi connectivity index (χ1) is 6.72. The Morgan fingerprint density at radius 1 is 1.43 bits per heavy atom. The first-order valence-electron chi connectivity index (χ1n) is 4.23. The number of hydrogen-bond donors (Lipinski definition) is 2. The lowest BCUT2D eigenvalue weighted by molar-refractivity contribution is 0.0963. The molecule has 0 aliphatic heterocycles. The van der Waals surface area contributed by atoms with Crippen molar-refractivity contribution in [2.45, 2.75) is 0 Å². The number of nitrogens with zero attached hydrogens (tertiary/aromatic N) is 1. The van der Waals surface area contributed by atoms with E-state index in [0.29, 0.717) is 5.56 Å². The second-order valence-electron chi connectivity index (χ2n) is 2.72. The lowest BCUT2D eigenvalue weighted by atomic mass is 10.1. The van der Waals surface area contributed by atoms with Gasteiger partial charge in [0.05, 0.1) is 11.4 Å². The Morgan fingerprint density at radius 2 is 2.14 bits per heavy atom. The fraction of sp³-hybridized carbons (Fsp3) is 0.200. The first kappa shape index (κ1) is 10.2. The SMILES string of the molecule is C=Nc1ccc(C(=O)NC)cc1NC. The van der Waals surface area contributed by atoms with Gasteiger partial charge in [0.1, 0.15) is 0 Å². The summed E-state index contributed by atoms with van der Waals surface area (Å²) in [5.74, 6) is -0.114. The number of hydrogen-bond acceptors (Lipinski definition) is 3. The summed E-state index contributed by atoms with van der Waals surface area (Å²) in [6.07, 6.45) is 0. The summed E-state index contributed by atoms with van der Waals surface area (Å²) >= 11 is 0. The van der Waals surface area contributed by atoms with Crippen LogP contribution >= 0.6 is 0 Å². The molecule has 1 amide bonds. The number of nitrogens with one attached hydrogen (secondary N) is 2. The monoisotopic (exact) mass is 191 g/mol. The highest BCUT2D eigenvalue weighted by atomic mass is 16.1. The molecule has 0 spiro atoms. The van der Waals surface area contributed by atoms with Gasteiger partial charge >= 0.3 is 0 Å². The van der Waals surface area contributed by atoms with Crippen LogP contribution in [-0.2, 0) is 0 Å². The van der Waals surface area contributed by atoms with Crippen molar-refractivity contribution < 1.29 is 4.79 Å². The van der Waals surface area contributed by atoms with E-state index >= 15 is 0 Å². The minimum absolute atomic E-state index is 0.114. The Hall–Kier alpha value is -1.84. The van der Waals surface area contributed by atoms with Crippen molar-refractivity contribution in [3.8, 4) is 0 Å². The summed E-state index contributed by atoms with van der Waals surface area (Å²) in [7, 11) is 3.37. The Kier molecular flexibility index (Phi) is 3.23. The zero-order valence-corrected chi connectivity index (χ0v) is 8.29. The lowest BCUT2D eigenvalue weighted by Crippen LogP contribution is -2.17. The van der Waals surface area contributed by atoms with Crippen LogP contribution in [0.25, 0.3) is 0 Å². The molecule has 0 unspecified atom stereocenters. The summed E-state index contributed by atoms with van der Waals surface area (Å²) < 4.78 is 0. The van der Waals surface area contributed by atoms with Crippen LogP contribution in [0.4, 0.5) is 11.4 Å². The van der Waals surface area contributed by atoms with Gasteiger partial charge in [-0.1, -0.05) is 0 Å².